The highest BCUT2D eigenvalue weighted by Gasteiger charge is 2.04. The van der Waals surface area contributed by atoms with E-state index in [1.807, 2.05) is 6.26 Å². The first-order valence-corrected chi connectivity index (χ1v) is 6.74. The van der Waals surface area contributed by atoms with Crippen molar-refractivity contribution in [1.82, 2.24) is 9.97 Å². The summed E-state index contributed by atoms with van der Waals surface area (Å²) in [5.41, 5.74) is 0.684. The lowest BCUT2D eigenvalue weighted by molar-refractivity contribution is -0.136. The molecule has 0 aliphatic rings. The van der Waals surface area contributed by atoms with E-state index in [9.17, 15) is 4.79 Å². The summed E-state index contributed by atoms with van der Waals surface area (Å²) in [5.74, 6) is 0.125. The van der Waals surface area contributed by atoms with Crippen LogP contribution in [0.3, 0.4) is 0 Å². The summed E-state index contributed by atoms with van der Waals surface area (Å²) in [4.78, 5) is 18.7. The van der Waals surface area contributed by atoms with Crippen molar-refractivity contribution in [3.63, 3.8) is 0 Å². The molecule has 2 rings (SSSR count). The summed E-state index contributed by atoms with van der Waals surface area (Å²) in [6.45, 7) is 0. The number of ether oxygens (including phenoxy) is 1. The molecule has 1 heterocycles. The van der Waals surface area contributed by atoms with E-state index in [4.69, 9.17) is 9.84 Å². The Morgan fingerprint density at radius 3 is 2.95 bits per heavy atom. The molecule has 0 radical (unpaired) electrons. The molecular formula is C13H12N2O3S. The zero-order valence-corrected chi connectivity index (χ0v) is 11.1. The maximum atomic E-state index is 10.7. The molecule has 1 aromatic carbocycles. The van der Waals surface area contributed by atoms with Crippen LogP contribution in [0, 0.1) is 0 Å². The van der Waals surface area contributed by atoms with Crippen LogP contribution in [0.1, 0.15) is 5.56 Å². The van der Waals surface area contributed by atoms with Crippen molar-refractivity contribution in [3.8, 4) is 11.6 Å². The zero-order chi connectivity index (χ0) is 13.7. The van der Waals surface area contributed by atoms with Crippen molar-refractivity contribution >= 4 is 17.7 Å². The molecule has 5 nitrogen and oxygen atoms in total. The Balaban J connectivity index is 2.15. The molecule has 1 aromatic heterocycles. The quantitative estimate of drug-likeness (QED) is 0.668. The smallest absolute Gasteiger partial charge is 0.307 e. The number of carboxylic acids is 1. The zero-order valence-electron chi connectivity index (χ0n) is 10.2. The van der Waals surface area contributed by atoms with Gasteiger partial charge in [0.15, 0.2) is 0 Å². The molecule has 0 spiro atoms. The Morgan fingerprint density at radius 2 is 2.21 bits per heavy atom. The van der Waals surface area contributed by atoms with Crippen molar-refractivity contribution in [3.05, 3.63) is 42.2 Å². The van der Waals surface area contributed by atoms with Gasteiger partial charge in [0.1, 0.15) is 17.1 Å². The number of nitrogens with zero attached hydrogens (tertiary/aromatic N) is 2. The van der Waals surface area contributed by atoms with Crippen LogP contribution in [0.4, 0.5) is 0 Å². The molecule has 19 heavy (non-hydrogen) atoms. The maximum Gasteiger partial charge on any atom is 0.307 e. The second kappa shape index (κ2) is 6.19. The number of thioether (sulfide) groups is 1. The number of hydrogen-bond donors (Lipinski definition) is 1. The molecule has 0 fully saturated rings. The summed E-state index contributed by atoms with van der Waals surface area (Å²) in [6, 6.07) is 8.67. The van der Waals surface area contributed by atoms with Crippen LogP contribution in [0.5, 0.6) is 11.6 Å². The largest absolute Gasteiger partial charge is 0.481 e. The molecule has 0 saturated heterocycles. The molecule has 0 unspecified atom stereocenters. The Labute approximate surface area is 114 Å². The topological polar surface area (TPSA) is 72.3 Å². The van der Waals surface area contributed by atoms with Crippen molar-refractivity contribution < 1.29 is 14.6 Å². The first kappa shape index (κ1) is 13.4. The molecule has 0 saturated carbocycles. The van der Waals surface area contributed by atoms with Gasteiger partial charge in [-0.3, -0.25) is 4.79 Å². The molecule has 0 aliphatic heterocycles. The SMILES string of the molecule is CSc1cc(Oc2cccc(CC(=O)O)c2)ncn1. The van der Waals surface area contributed by atoms with Crippen molar-refractivity contribution in [2.24, 2.45) is 0 Å². The Bertz CT molecular complexity index is 590. The minimum absolute atomic E-state index is 0.0307. The summed E-state index contributed by atoms with van der Waals surface area (Å²) >= 11 is 1.50. The van der Waals surface area contributed by atoms with E-state index in [0.717, 1.165) is 5.03 Å². The van der Waals surface area contributed by atoms with Gasteiger partial charge in [0.25, 0.3) is 0 Å². The minimum Gasteiger partial charge on any atom is -0.481 e. The van der Waals surface area contributed by atoms with Gasteiger partial charge in [-0.15, -0.1) is 11.8 Å². The van der Waals surface area contributed by atoms with E-state index in [2.05, 4.69) is 9.97 Å². The van der Waals surface area contributed by atoms with Gasteiger partial charge in [0.2, 0.25) is 5.88 Å². The molecule has 2 aromatic rings. The summed E-state index contributed by atoms with van der Waals surface area (Å²) in [7, 11) is 0. The van der Waals surface area contributed by atoms with Crippen molar-refractivity contribution in [2.75, 3.05) is 6.26 Å². The number of carbonyl (C=O) groups is 1. The van der Waals surface area contributed by atoms with Gasteiger partial charge in [0.05, 0.1) is 6.42 Å². The van der Waals surface area contributed by atoms with Crippen molar-refractivity contribution in [1.29, 1.82) is 0 Å². The third-order valence-corrected chi connectivity index (χ3v) is 2.94. The third kappa shape index (κ3) is 3.96. The van der Waals surface area contributed by atoms with Crippen LogP contribution in [-0.2, 0) is 11.2 Å². The van der Waals surface area contributed by atoms with E-state index < -0.39 is 5.97 Å². The van der Waals surface area contributed by atoms with Gasteiger partial charge in [-0.05, 0) is 24.0 Å². The number of benzene rings is 1. The average Bonchev–Trinajstić information content (AvgIpc) is 2.38. The number of rotatable bonds is 5. The van der Waals surface area contributed by atoms with Crippen molar-refractivity contribution in [2.45, 2.75) is 11.4 Å². The lowest BCUT2D eigenvalue weighted by atomic mass is 10.1. The minimum atomic E-state index is -0.871. The third-order valence-electron chi connectivity index (χ3n) is 2.30. The summed E-state index contributed by atoms with van der Waals surface area (Å²) in [5, 5.41) is 9.56. The molecule has 0 aliphatic carbocycles. The highest BCUT2D eigenvalue weighted by atomic mass is 32.2. The predicted molar refractivity (Wildman–Crippen MR) is 71.7 cm³/mol. The van der Waals surface area contributed by atoms with Gasteiger partial charge in [-0.2, -0.15) is 0 Å². The number of aromatic nitrogens is 2. The predicted octanol–water partition coefficient (Wildman–Crippen LogP) is 2.62. The molecule has 1 N–H and O–H groups in total. The van der Waals surface area contributed by atoms with Gasteiger partial charge < -0.3 is 9.84 Å². The fraction of sp³-hybridized carbons (Fsp3) is 0.154. The molecule has 6 heteroatoms. The van der Waals surface area contributed by atoms with Crippen LogP contribution < -0.4 is 4.74 Å². The fourth-order valence-corrected chi connectivity index (χ4v) is 1.88. The van der Waals surface area contributed by atoms with Gasteiger partial charge >= 0.3 is 5.97 Å². The van der Waals surface area contributed by atoms with Gasteiger partial charge in [0, 0.05) is 6.07 Å². The second-order valence-corrected chi connectivity index (χ2v) is 4.55. The first-order valence-electron chi connectivity index (χ1n) is 5.52. The van der Waals surface area contributed by atoms with Gasteiger partial charge in [-0.25, -0.2) is 9.97 Å². The number of hydrogen-bond acceptors (Lipinski definition) is 5. The number of aliphatic carboxylic acids is 1. The van der Waals surface area contributed by atoms with Crippen LogP contribution in [0.15, 0.2) is 41.7 Å². The van der Waals surface area contributed by atoms with Crippen LogP contribution in [0.25, 0.3) is 0 Å². The average molecular weight is 276 g/mol. The van der Waals surface area contributed by atoms with Crippen LogP contribution >= 0.6 is 11.8 Å². The maximum absolute atomic E-state index is 10.7. The van der Waals surface area contributed by atoms with E-state index in [1.165, 1.54) is 18.1 Å². The molecule has 0 atom stereocenters. The van der Waals surface area contributed by atoms with E-state index in [-0.39, 0.29) is 6.42 Å². The first-order chi connectivity index (χ1) is 9.17. The highest BCUT2D eigenvalue weighted by molar-refractivity contribution is 7.98. The van der Waals surface area contributed by atoms with E-state index in [0.29, 0.717) is 17.2 Å². The Hall–Kier alpha value is -2.08. The van der Waals surface area contributed by atoms with E-state index in [1.54, 1.807) is 30.3 Å². The highest BCUT2D eigenvalue weighted by Crippen LogP contribution is 2.22. The standard InChI is InChI=1S/C13H12N2O3S/c1-19-12-7-11(14-8-15-12)18-10-4-2-3-9(5-10)6-13(16)17/h2-5,7-8H,6H2,1H3,(H,16,17). The Kier molecular flexibility index (Phi) is 4.35. The lowest BCUT2D eigenvalue weighted by Crippen LogP contribution is -2.00. The molecule has 98 valence electrons. The monoisotopic (exact) mass is 276 g/mol. The Morgan fingerprint density at radius 1 is 1.37 bits per heavy atom. The van der Waals surface area contributed by atoms with Crippen LogP contribution in [-0.4, -0.2) is 27.3 Å². The molecule has 0 bridgehead atoms. The summed E-state index contributed by atoms with van der Waals surface area (Å²) in [6.07, 6.45) is 3.32. The fourth-order valence-electron chi connectivity index (χ4n) is 1.50. The second-order valence-electron chi connectivity index (χ2n) is 3.72. The summed E-state index contributed by atoms with van der Waals surface area (Å²) < 4.78 is 5.59. The molecular weight excluding hydrogens is 264 g/mol. The molecule has 0 amide bonds. The van der Waals surface area contributed by atoms with Gasteiger partial charge in [-0.1, -0.05) is 12.1 Å². The van der Waals surface area contributed by atoms with E-state index >= 15 is 0 Å². The normalized spacial score (nSPS) is 10.2. The number of carboxylic acid groups (broad SMARTS) is 1. The van der Waals surface area contributed by atoms with Crippen LogP contribution in [0.2, 0.25) is 0 Å². The lowest BCUT2D eigenvalue weighted by Gasteiger charge is -2.06.